The van der Waals surface area contributed by atoms with Gasteiger partial charge in [0.25, 0.3) is 0 Å². The summed E-state index contributed by atoms with van der Waals surface area (Å²) in [4.78, 5) is 25.0. The first-order valence-electron chi connectivity index (χ1n) is 9.75. The zero-order valence-electron chi connectivity index (χ0n) is 15.5. The molecule has 6 heteroatoms. The highest BCUT2D eigenvalue weighted by Crippen LogP contribution is 2.60. The maximum Gasteiger partial charge on any atom is 0.326 e. The molecule has 1 atom stereocenters. The fourth-order valence-corrected chi connectivity index (χ4v) is 6.25. The molecule has 2 N–H and O–H groups in total. The number of carbonyl (C=O) groups excluding carboxylic acids is 1. The summed E-state index contributed by atoms with van der Waals surface area (Å²) in [5.74, 6) is 1.40. The van der Waals surface area contributed by atoms with Crippen LogP contribution in [0, 0.1) is 23.2 Å². The van der Waals surface area contributed by atoms with Crippen LogP contribution in [0.15, 0.2) is 18.2 Å². The molecule has 1 aromatic rings. The largest absolute Gasteiger partial charge is 0.495 e. The lowest BCUT2D eigenvalue weighted by Crippen LogP contribution is -2.56. The van der Waals surface area contributed by atoms with E-state index in [1.807, 2.05) is 0 Å². The number of rotatable bonds is 6. The van der Waals surface area contributed by atoms with Gasteiger partial charge in [0.1, 0.15) is 11.8 Å². The van der Waals surface area contributed by atoms with Crippen LogP contribution in [0.25, 0.3) is 0 Å². The molecule has 0 unspecified atom stereocenters. The zero-order valence-corrected chi connectivity index (χ0v) is 16.3. The number of carboxylic acids is 1. The molecule has 0 aliphatic heterocycles. The minimum atomic E-state index is -1.01. The molecule has 27 heavy (non-hydrogen) atoms. The molecule has 5 rings (SSSR count). The second-order valence-electron chi connectivity index (χ2n) is 8.74. The van der Waals surface area contributed by atoms with Crippen LogP contribution in [-0.4, -0.2) is 30.1 Å². The highest BCUT2D eigenvalue weighted by Gasteiger charge is 2.54. The van der Waals surface area contributed by atoms with E-state index in [2.05, 4.69) is 5.32 Å². The predicted molar refractivity (Wildman–Crippen MR) is 102 cm³/mol. The first-order valence-corrected chi connectivity index (χ1v) is 10.1. The summed E-state index contributed by atoms with van der Waals surface area (Å²) in [6.07, 6.45) is 6.72. The number of hydrogen-bond acceptors (Lipinski definition) is 3. The van der Waals surface area contributed by atoms with E-state index in [1.54, 1.807) is 18.2 Å². The number of ether oxygens (including phenoxy) is 1. The van der Waals surface area contributed by atoms with E-state index in [-0.39, 0.29) is 17.7 Å². The molecule has 4 fully saturated rings. The topological polar surface area (TPSA) is 75.6 Å². The van der Waals surface area contributed by atoms with Crippen LogP contribution < -0.4 is 10.1 Å². The van der Waals surface area contributed by atoms with E-state index in [1.165, 1.54) is 26.4 Å². The van der Waals surface area contributed by atoms with Crippen LogP contribution >= 0.6 is 11.6 Å². The van der Waals surface area contributed by atoms with Gasteiger partial charge in [0.15, 0.2) is 0 Å². The molecule has 0 saturated heterocycles. The van der Waals surface area contributed by atoms with E-state index < -0.39 is 12.0 Å². The van der Waals surface area contributed by atoms with E-state index in [0.29, 0.717) is 28.5 Å². The fourth-order valence-electron chi connectivity index (χ4n) is 5.97. The normalized spacial score (nSPS) is 32.1. The zero-order chi connectivity index (χ0) is 19.2. The van der Waals surface area contributed by atoms with Crippen LogP contribution in [0.1, 0.15) is 44.1 Å². The molecule has 146 valence electrons. The number of carbonyl (C=O) groups is 2. The fraction of sp³-hybridized carbons (Fsp3) is 0.619. The average molecular weight is 392 g/mol. The van der Waals surface area contributed by atoms with Gasteiger partial charge in [0.05, 0.1) is 12.1 Å². The molecule has 0 radical (unpaired) electrons. The van der Waals surface area contributed by atoms with Gasteiger partial charge < -0.3 is 15.2 Å². The summed E-state index contributed by atoms with van der Waals surface area (Å²) in [6, 6.07) is 4.26. The highest BCUT2D eigenvalue weighted by molar-refractivity contribution is 6.32. The minimum Gasteiger partial charge on any atom is -0.495 e. The van der Waals surface area contributed by atoms with Crippen LogP contribution in [0.2, 0.25) is 5.02 Å². The molecule has 1 amide bonds. The second kappa shape index (κ2) is 7.01. The molecule has 0 heterocycles. The van der Waals surface area contributed by atoms with E-state index in [0.717, 1.165) is 24.8 Å². The first kappa shape index (κ1) is 18.6. The lowest BCUT2D eigenvalue weighted by molar-refractivity contribution is -0.151. The summed E-state index contributed by atoms with van der Waals surface area (Å²) >= 11 is 6.15. The molecule has 4 aliphatic carbocycles. The molecule has 4 saturated carbocycles. The Labute approximate surface area is 164 Å². The summed E-state index contributed by atoms with van der Waals surface area (Å²) in [6.45, 7) is 0. The quantitative estimate of drug-likeness (QED) is 0.775. The smallest absolute Gasteiger partial charge is 0.326 e. The third kappa shape index (κ3) is 3.54. The standard InChI is InChI=1S/C21H26ClNO4/c1-27-18-3-2-12(7-16(18)22)8-17(19(24)25)23-20(26)21-9-13-4-14(10-21)6-15(5-13)11-21/h2-3,7,13-15,17H,4-6,8-11H2,1H3,(H,23,26)(H,24,25)/t13?,14?,15?,17-,21?/m1/s1. The Morgan fingerprint density at radius 1 is 1.22 bits per heavy atom. The van der Waals surface area contributed by atoms with Gasteiger partial charge in [-0.25, -0.2) is 4.79 Å². The van der Waals surface area contributed by atoms with Gasteiger partial charge in [-0.15, -0.1) is 0 Å². The van der Waals surface area contributed by atoms with Crippen molar-refractivity contribution in [3.05, 3.63) is 28.8 Å². The minimum absolute atomic E-state index is 0.0615. The van der Waals surface area contributed by atoms with Crippen molar-refractivity contribution in [1.29, 1.82) is 0 Å². The number of nitrogens with one attached hydrogen (secondary N) is 1. The van der Waals surface area contributed by atoms with Crippen molar-refractivity contribution in [3.63, 3.8) is 0 Å². The average Bonchev–Trinajstić information content (AvgIpc) is 2.60. The summed E-state index contributed by atoms with van der Waals surface area (Å²) < 4.78 is 5.14. The Morgan fingerprint density at radius 3 is 2.30 bits per heavy atom. The number of amides is 1. The van der Waals surface area contributed by atoms with Gasteiger partial charge in [-0.05, 0) is 74.0 Å². The Morgan fingerprint density at radius 2 is 1.81 bits per heavy atom. The van der Waals surface area contributed by atoms with Gasteiger partial charge in [-0.2, -0.15) is 0 Å². The summed E-state index contributed by atoms with van der Waals surface area (Å²) in [7, 11) is 1.53. The van der Waals surface area contributed by atoms with Crippen molar-refractivity contribution >= 4 is 23.5 Å². The predicted octanol–water partition coefficient (Wildman–Crippen LogP) is 3.68. The lowest BCUT2D eigenvalue weighted by atomic mass is 9.49. The van der Waals surface area contributed by atoms with Crippen LogP contribution in [-0.2, 0) is 16.0 Å². The highest BCUT2D eigenvalue weighted by atomic mass is 35.5. The van der Waals surface area contributed by atoms with Gasteiger partial charge in [0, 0.05) is 11.8 Å². The molecule has 0 spiro atoms. The Bertz CT molecular complexity index is 727. The van der Waals surface area contributed by atoms with Crippen molar-refractivity contribution in [1.82, 2.24) is 5.32 Å². The molecule has 0 aromatic heterocycles. The Balaban J connectivity index is 1.48. The van der Waals surface area contributed by atoms with Crippen LogP contribution in [0.5, 0.6) is 5.75 Å². The maximum absolute atomic E-state index is 13.1. The molecule has 4 aliphatic rings. The SMILES string of the molecule is COc1ccc(C[C@@H](NC(=O)C23CC4CC(CC(C4)C2)C3)C(=O)O)cc1Cl. The first-order chi connectivity index (χ1) is 12.9. The maximum atomic E-state index is 13.1. The summed E-state index contributed by atoms with van der Waals surface area (Å²) in [5.41, 5.74) is 0.416. The van der Waals surface area contributed by atoms with Crippen molar-refractivity contribution in [2.24, 2.45) is 23.2 Å². The van der Waals surface area contributed by atoms with Gasteiger partial charge >= 0.3 is 5.97 Å². The Kier molecular flexibility index (Phi) is 4.83. The van der Waals surface area contributed by atoms with Crippen LogP contribution in [0.3, 0.4) is 0 Å². The number of hydrogen-bond donors (Lipinski definition) is 2. The molecule has 5 nitrogen and oxygen atoms in total. The number of halogens is 1. The third-order valence-electron chi connectivity index (χ3n) is 6.78. The van der Waals surface area contributed by atoms with E-state index in [4.69, 9.17) is 16.3 Å². The Hall–Kier alpha value is -1.75. The van der Waals surface area contributed by atoms with Gasteiger partial charge in [-0.1, -0.05) is 17.7 Å². The third-order valence-corrected chi connectivity index (χ3v) is 7.07. The van der Waals surface area contributed by atoms with Crippen LogP contribution in [0.4, 0.5) is 0 Å². The van der Waals surface area contributed by atoms with Crippen molar-refractivity contribution < 1.29 is 19.4 Å². The molecule has 4 bridgehead atoms. The van der Waals surface area contributed by atoms with Crippen molar-refractivity contribution in [2.75, 3.05) is 7.11 Å². The molecule has 1 aromatic carbocycles. The number of methoxy groups -OCH3 is 1. The number of aliphatic carboxylic acids is 1. The van der Waals surface area contributed by atoms with Gasteiger partial charge in [0.2, 0.25) is 5.91 Å². The van der Waals surface area contributed by atoms with Crippen molar-refractivity contribution in [2.45, 2.75) is 51.0 Å². The number of benzene rings is 1. The second-order valence-corrected chi connectivity index (χ2v) is 9.14. The van der Waals surface area contributed by atoms with Gasteiger partial charge in [-0.3, -0.25) is 4.79 Å². The number of carboxylic acid groups (broad SMARTS) is 1. The van der Waals surface area contributed by atoms with E-state index in [9.17, 15) is 14.7 Å². The van der Waals surface area contributed by atoms with Crippen molar-refractivity contribution in [3.8, 4) is 5.75 Å². The lowest BCUT2D eigenvalue weighted by Gasteiger charge is -2.55. The monoisotopic (exact) mass is 391 g/mol. The molecular formula is C21H26ClNO4. The molecular weight excluding hydrogens is 366 g/mol. The van der Waals surface area contributed by atoms with E-state index >= 15 is 0 Å². The summed E-state index contributed by atoms with van der Waals surface area (Å²) in [5, 5.41) is 13.0.